The van der Waals surface area contributed by atoms with E-state index >= 15 is 0 Å². The summed E-state index contributed by atoms with van der Waals surface area (Å²) in [5.41, 5.74) is 0.834. The Kier molecular flexibility index (Phi) is 2.61. The number of rotatable bonds is 2. The number of Topliss-reactive ketones (excluding diaryl/α,β-unsaturated/α-hetero) is 1. The van der Waals surface area contributed by atoms with E-state index in [1.54, 1.807) is 12.1 Å². The van der Waals surface area contributed by atoms with Gasteiger partial charge in [-0.3, -0.25) is 4.79 Å². The van der Waals surface area contributed by atoms with Crippen LogP contribution in [0.25, 0.3) is 0 Å². The summed E-state index contributed by atoms with van der Waals surface area (Å²) in [6, 6.07) is 4.71. The minimum absolute atomic E-state index is 0.0346. The summed E-state index contributed by atoms with van der Waals surface area (Å²) in [6.07, 6.45) is -5.27. The second-order valence-corrected chi connectivity index (χ2v) is 3.61. The Bertz CT molecular complexity index is 424. The fraction of sp³-hybridized carbons (Fsp3) is 0.364. The normalized spacial score (nSPS) is 14.4. The molecule has 1 heterocycles. The molecular formula is C11H9F3O2. The van der Waals surface area contributed by atoms with E-state index in [4.69, 9.17) is 4.74 Å². The van der Waals surface area contributed by atoms with Gasteiger partial charge in [-0.2, -0.15) is 13.2 Å². The van der Waals surface area contributed by atoms with Crippen LogP contribution in [0.5, 0.6) is 5.75 Å². The molecule has 0 spiro atoms. The molecule has 0 N–H and O–H groups in total. The van der Waals surface area contributed by atoms with Crippen LogP contribution < -0.4 is 4.74 Å². The lowest BCUT2D eigenvalue weighted by Crippen LogP contribution is -2.15. The summed E-state index contributed by atoms with van der Waals surface area (Å²) in [5.74, 6) is -0.622. The average Bonchev–Trinajstić information content (AvgIpc) is 2.61. The highest BCUT2D eigenvalue weighted by atomic mass is 19.4. The molecule has 0 amide bonds. The lowest BCUT2D eigenvalue weighted by Gasteiger charge is -2.08. The van der Waals surface area contributed by atoms with Gasteiger partial charge in [0, 0.05) is 6.42 Å². The van der Waals surface area contributed by atoms with E-state index in [2.05, 4.69) is 0 Å². The Hall–Kier alpha value is -1.52. The van der Waals surface area contributed by atoms with Gasteiger partial charge in [-0.15, -0.1) is 0 Å². The first kappa shape index (κ1) is 11.0. The third-order valence-corrected chi connectivity index (χ3v) is 2.38. The van der Waals surface area contributed by atoms with Gasteiger partial charge >= 0.3 is 6.18 Å². The highest BCUT2D eigenvalue weighted by Gasteiger charge is 2.33. The molecule has 0 aliphatic carbocycles. The maximum absolute atomic E-state index is 12.1. The maximum atomic E-state index is 12.1. The summed E-state index contributed by atoms with van der Waals surface area (Å²) in [5, 5.41) is 0. The second-order valence-electron chi connectivity index (χ2n) is 3.61. The first-order chi connectivity index (χ1) is 7.47. The molecule has 1 aliphatic heterocycles. The summed E-state index contributed by atoms with van der Waals surface area (Å²) >= 11 is 0. The van der Waals surface area contributed by atoms with Crippen LogP contribution in [-0.2, 0) is 6.42 Å². The predicted octanol–water partition coefficient (Wildman–Crippen LogP) is 2.76. The molecule has 0 unspecified atom stereocenters. The Morgan fingerprint density at radius 3 is 2.81 bits per heavy atom. The summed E-state index contributed by atoms with van der Waals surface area (Å²) in [7, 11) is 0. The second kappa shape index (κ2) is 3.81. The standard InChI is InChI=1S/C11H9F3O2/c12-11(13,14)6-9(15)8-3-1-2-7-4-5-16-10(7)8/h1-3H,4-6H2. The molecule has 1 aromatic rings. The highest BCUT2D eigenvalue weighted by Crippen LogP contribution is 2.32. The van der Waals surface area contributed by atoms with Crippen molar-refractivity contribution in [2.24, 2.45) is 0 Å². The van der Waals surface area contributed by atoms with Gasteiger partial charge in [0.2, 0.25) is 0 Å². The highest BCUT2D eigenvalue weighted by molar-refractivity contribution is 5.99. The minimum atomic E-state index is -4.47. The average molecular weight is 230 g/mol. The van der Waals surface area contributed by atoms with Gasteiger partial charge in [0.15, 0.2) is 5.78 Å². The van der Waals surface area contributed by atoms with Crippen LogP contribution in [0.15, 0.2) is 18.2 Å². The Labute approximate surface area is 90.0 Å². The zero-order valence-electron chi connectivity index (χ0n) is 8.30. The molecular weight excluding hydrogens is 221 g/mol. The number of hydrogen-bond donors (Lipinski definition) is 0. The molecule has 0 fully saturated rings. The molecule has 1 aliphatic rings. The van der Waals surface area contributed by atoms with Crippen LogP contribution in [-0.4, -0.2) is 18.6 Å². The smallest absolute Gasteiger partial charge is 0.396 e. The fourth-order valence-corrected chi connectivity index (χ4v) is 1.71. The summed E-state index contributed by atoms with van der Waals surface area (Å²) in [6.45, 7) is 0.422. The lowest BCUT2D eigenvalue weighted by atomic mass is 10.0. The molecule has 0 saturated carbocycles. The number of alkyl halides is 3. The van der Waals surface area contributed by atoms with Gasteiger partial charge in [-0.25, -0.2) is 0 Å². The van der Waals surface area contributed by atoms with Crippen molar-refractivity contribution in [3.63, 3.8) is 0 Å². The Balaban J connectivity index is 2.28. The summed E-state index contributed by atoms with van der Waals surface area (Å²) in [4.78, 5) is 11.4. The quantitative estimate of drug-likeness (QED) is 0.730. The number of ether oxygens (including phenoxy) is 1. The van der Waals surface area contributed by atoms with Crippen LogP contribution in [0.1, 0.15) is 22.3 Å². The van der Waals surface area contributed by atoms with E-state index in [9.17, 15) is 18.0 Å². The van der Waals surface area contributed by atoms with Gasteiger partial charge in [-0.1, -0.05) is 12.1 Å². The molecule has 0 bridgehead atoms. The number of carbonyl (C=O) groups excluding carboxylic acids is 1. The molecule has 0 aromatic heterocycles. The number of ketones is 1. The number of benzene rings is 1. The van der Waals surface area contributed by atoms with E-state index in [-0.39, 0.29) is 5.56 Å². The molecule has 16 heavy (non-hydrogen) atoms. The van der Waals surface area contributed by atoms with Crippen LogP contribution in [0.4, 0.5) is 13.2 Å². The fourth-order valence-electron chi connectivity index (χ4n) is 1.71. The van der Waals surface area contributed by atoms with E-state index in [0.717, 1.165) is 5.56 Å². The van der Waals surface area contributed by atoms with Gasteiger partial charge in [0.1, 0.15) is 12.2 Å². The van der Waals surface area contributed by atoms with Crippen molar-refractivity contribution in [3.8, 4) is 5.75 Å². The number of fused-ring (bicyclic) bond motifs is 1. The Morgan fingerprint density at radius 1 is 1.38 bits per heavy atom. The van der Waals surface area contributed by atoms with Crippen LogP contribution >= 0.6 is 0 Å². The van der Waals surface area contributed by atoms with Crippen molar-refractivity contribution in [3.05, 3.63) is 29.3 Å². The molecule has 5 heteroatoms. The monoisotopic (exact) mass is 230 g/mol. The molecule has 0 radical (unpaired) electrons. The van der Waals surface area contributed by atoms with Crippen molar-refractivity contribution in [1.29, 1.82) is 0 Å². The zero-order valence-corrected chi connectivity index (χ0v) is 8.30. The zero-order chi connectivity index (χ0) is 11.8. The number of carbonyl (C=O) groups is 1. The van der Waals surface area contributed by atoms with Crippen molar-refractivity contribution >= 4 is 5.78 Å². The first-order valence-corrected chi connectivity index (χ1v) is 4.82. The molecule has 86 valence electrons. The van der Waals surface area contributed by atoms with Gasteiger partial charge < -0.3 is 4.74 Å². The van der Waals surface area contributed by atoms with E-state index in [0.29, 0.717) is 18.8 Å². The van der Waals surface area contributed by atoms with Crippen molar-refractivity contribution in [1.82, 2.24) is 0 Å². The number of para-hydroxylation sites is 1. The Morgan fingerprint density at radius 2 is 2.12 bits per heavy atom. The topological polar surface area (TPSA) is 26.3 Å². The van der Waals surface area contributed by atoms with Crippen LogP contribution in [0.3, 0.4) is 0 Å². The van der Waals surface area contributed by atoms with Gasteiger partial charge in [-0.05, 0) is 11.6 Å². The van der Waals surface area contributed by atoms with Gasteiger partial charge in [0.25, 0.3) is 0 Å². The SMILES string of the molecule is O=C(CC(F)(F)F)c1cccc2c1OCC2. The third-order valence-electron chi connectivity index (χ3n) is 2.38. The van der Waals surface area contributed by atoms with E-state index in [1.165, 1.54) is 6.07 Å². The van der Waals surface area contributed by atoms with Gasteiger partial charge in [0.05, 0.1) is 12.2 Å². The number of halogens is 3. The molecule has 0 saturated heterocycles. The summed E-state index contributed by atoms with van der Waals surface area (Å²) < 4.78 is 41.4. The first-order valence-electron chi connectivity index (χ1n) is 4.82. The van der Waals surface area contributed by atoms with Crippen LogP contribution in [0.2, 0.25) is 0 Å². The minimum Gasteiger partial charge on any atom is -0.492 e. The van der Waals surface area contributed by atoms with Crippen molar-refractivity contribution in [2.75, 3.05) is 6.61 Å². The van der Waals surface area contributed by atoms with Crippen molar-refractivity contribution in [2.45, 2.75) is 19.0 Å². The lowest BCUT2D eigenvalue weighted by molar-refractivity contribution is -0.125. The van der Waals surface area contributed by atoms with Crippen LogP contribution in [0, 0.1) is 0 Å². The molecule has 0 atom stereocenters. The number of hydrogen-bond acceptors (Lipinski definition) is 2. The van der Waals surface area contributed by atoms with E-state index in [1.807, 2.05) is 0 Å². The van der Waals surface area contributed by atoms with E-state index < -0.39 is 18.4 Å². The molecule has 2 nitrogen and oxygen atoms in total. The molecule has 1 aromatic carbocycles. The maximum Gasteiger partial charge on any atom is 0.396 e. The third kappa shape index (κ3) is 2.18. The molecule has 2 rings (SSSR count). The van der Waals surface area contributed by atoms with Crippen molar-refractivity contribution < 1.29 is 22.7 Å². The largest absolute Gasteiger partial charge is 0.492 e. The predicted molar refractivity (Wildman–Crippen MR) is 50.6 cm³/mol.